The molecule has 0 aromatic heterocycles. The highest BCUT2D eigenvalue weighted by molar-refractivity contribution is 5.87. The minimum absolute atomic E-state index is 0.218. The molecular formula is C18H28O2. The standard InChI is InChI=1S/C18H28O2/c1-6-10-17(13-8-11-15(3)4)14-9-12-16(5)18(19)20-7-2/h6,12-13H,1,3,7-11,14H2,2,4-5H3/b16-12+,17-13+. The van der Waals surface area contributed by atoms with Crippen molar-refractivity contribution in [3.63, 3.8) is 0 Å². The van der Waals surface area contributed by atoms with Crippen LogP contribution in [0.1, 0.15) is 52.9 Å². The first-order valence-corrected chi connectivity index (χ1v) is 7.28. The average molecular weight is 276 g/mol. The first-order valence-electron chi connectivity index (χ1n) is 7.28. The largest absolute Gasteiger partial charge is 0.463 e. The van der Waals surface area contributed by atoms with Gasteiger partial charge in [-0.1, -0.05) is 29.4 Å². The van der Waals surface area contributed by atoms with Gasteiger partial charge >= 0.3 is 5.97 Å². The van der Waals surface area contributed by atoms with Gasteiger partial charge in [0, 0.05) is 5.57 Å². The zero-order valence-corrected chi connectivity index (χ0v) is 13.2. The summed E-state index contributed by atoms with van der Waals surface area (Å²) in [7, 11) is 0. The number of allylic oxidation sites excluding steroid dienone is 5. The molecule has 2 nitrogen and oxygen atoms in total. The van der Waals surface area contributed by atoms with Gasteiger partial charge in [0.05, 0.1) is 6.61 Å². The fourth-order valence-electron chi connectivity index (χ4n) is 1.80. The van der Waals surface area contributed by atoms with Crippen LogP contribution in [0.15, 0.2) is 48.1 Å². The second-order valence-corrected chi connectivity index (χ2v) is 5.00. The summed E-state index contributed by atoms with van der Waals surface area (Å²) in [6.45, 7) is 13.8. The Balaban J connectivity index is 4.32. The van der Waals surface area contributed by atoms with Crippen LogP contribution in [0.25, 0.3) is 0 Å². The maximum atomic E-state index is 11.5. The van der Waals surface area contributed by atoms with Crippen LogP contribution in [-0.2, 0) is 9.53 Å². The van der Waals surface area contributed by atoms with E-state index >= 15 is 0 Å². The summed E-state index contributed by atoms with van der Waals surface area (Å²) in [5.41, 5.74) is 3.26. The Kier molecular flexibility index (Phi) is 10.4. The number of esters is 1. The molecule has 0 saturated carbocycles. The monoisotopic (exact) mass is 276 g/mol. The predicted octanol–water partition coefficient (Wildman–Crippen LogP) is 5.13. The van der Waals surface area contributed by atoms with E-state index in [9.17, 15) is 4.79 Å². The molecule has 0 rings (SSSR count). The highest BCUT2D eigenvalue weighted by Gasteiger charge is 2.03. The van der Waals surface area contributed by atoms with Crippen LogP contribution in [0.5, 0.6) is 0 Å². The SMILES string of the molecule is C=CC/C(=C\CCC(=C)C)CC/C=C(\C)C(=O)OCC. The molecule has 0 aliphatic heterocycles. The van der Waals surface area contributed by atoms with Crippen LogP contribution in [0.3, 0.4) is 0 Å². The van der Waals surface area contributed by atoms with E-state index in [0.29, 0.717) is 12.2 Å². The van der Waals surface area contributed by atoms with Crippen LogP contribution < -0.4 is 0 Å². The van der Waals surface area contributed by atoms with Gasteiger partial charge < -0.3 is 4.74 Å². The van der Waals surface area contributed by atoms with Crippen molar-refractivity contribution in [1.82, 2.24) is 0 Å². The van der Waals surface area contributed by atoms with Crippen molar-refractivity contribution >= 4 is 5.97 Å². The van der Waals surface area contributed by atoms with Gasteiger partial charge in [0.2, 0.25) is 0 Å². The maximum absolute atomic E-state index is 11.5. The van der Waals surface area contributed by atoms with Crippen molar-refractivity contribution in [2.75, 3.05) is 6.61 Å². The van der Waals surface area contributed by atoms with Crippen molar-refractivity contribution in [1.29, 1.82) is 0 Å². The third kappa shape index (κ3) is 9.37. The van der Waals surface area contributed by atoms with Gasteiger partial charge in [0.15, 0.2) is 0 Å². The molecule has 0 bridgehead atoms. The molecule has 112 valence electrons. The molecule has 2 heteroatoms. The van der Waals surface area contributed by atoms with Gasteiger partial charge in [-0.05, 0) is 52.9 Å². The summed E-state index contributed by atoms with van der Waals surface area (Å²) in [4.78, 5) is 11.5. The average Bonchev–Trinajstić information content (AvgIpc) is 2.38. The van der Waals surface area contributed by atoms with E-state index in [0.717, 1.165) is 32.1 Å². The third-order valence-electron chi connectivity index (χ3n) is 2.92. The first-order chi connectivity index (χ1) is 9.51. The predicted molar refractivity (Wildman–Crippen MR) is 86.6 cm³/mol. The summed E-state index contributed by atoms with van der Waals surface area (Å²) in [6, 6.07) is 0. The molecule has 0 unspecified atom stereocenters. The molecule has 0 heterocycles. The van der Waals surface area contributed by atoms with E-state index in [4.69, 9.17) is 4.74 Å². The minimum Gasteiger partial charge on any atom is -0.463 e. The molecule has 0 fully saturated rings. The van der Waals surface area contributed by atoms with E-state index in [1.165, 1.54) is 11.1 Å². The van der Waals surface area contributed by atoms with Gasteiger partial charge in [-0.3, -0.25) is 0 Å². The minimum atomic E-state index is -0.218. The molecule has 0 amide bonds. The molecule has 0 aliphatic rings. The molecule has 0 saturated heterocycles. The van der Waals surface area contributed by atoms with Gasteiger partial charge in [-0.2, -0.15) is 0 Å². The summed E-state index contributed by atoms with van der Waals surface area (Å²) >= 11 is 0. The highest BCUT2D eigenvalue weighted by Crippen LogP contribution is 2.15. The molecule has 0 atom stereocenters. The lowest BCUT2D eigenvalue weighted by Gasteiger charge is -2.05. The van der Waals surface area contributed by atoms with Crippen molar-refractivity contribution in [2.45, 2.75) is 52.9 Å². The van der Waals surface area contributed by atoms with Gasteiger partial charge in [0.25, 0.3) is 0 Å². The second kappa shape index (κ2) is 11.3. The molecule has 0 aromatic carbocycles. The lowest BCUT2D eigenvalue weighted by molar-refractivity contribution is -0.138. The molecule has 0 N–H and O–H groups in total. The molecular weight excluding hydrogens is 248 g/mol. The molecule has 20 heavy (non-hydrogen) atoms. The van der Waals surface area contributed by atoms with Crippen molar-refractivity contribution in [3.8, 4) is 0 Å². The topological polar surface area (TPSA) is 26.3 Å². The van der Waals surface area contributed by atoms with Crippen LogP contribution >= 0.6 is 0 Å². The van der Waals surface area contributed by atoms with E-state index in [2.05, 4.69) is 19.2 Å². The Morgan fingerprint density at radius 2 is 1.80 bits per heavy atom. The Hall–Kier alpha value is -1.57. The number of hydrogen-bond acceptors (Lipinski definition) is 2. The van der Waals surface area contributed by atoms with E-state index in [-0.39, 0.29) is 5.97 Å². The molecule has 0 aromatic rings. The number of carbonyl (C=O) groups excluding carboxylic acids is 1. The Morgan fingerprint density at radius 3 is 2.35 bits per heavy atom. The number of ether oxygens (including phenoxy) is 1. The van der Waals surface area contributed by atoms with Crippen LogP contribution in [0.4, 0.5) is 0 Å². The summed E-state index contributed by atoms with van der Waals surface area (Å²) in [5, 5.41) is 0. The van der Waals surface area contributed by atoms with E-state index in [1.54, 1.807) is 6.92 Å². The van der Waals surface area contributed by atoms with Crippen LogP contribution in [0.2, 0.25) is 0 Å². The quantitative estimate of drug-likeness (QED) is 0.314. The fourth-order valence-corrected chi connectivity index (χ4v) is 1.80. The van der Waals surface area contributed by atoms with Gasteiger partial charge in [-0.15, -0.1) is 13.2 Å². The van der Waals surface area contributed by atoms with Gasteiger partial charge in [-0.25, -0.2) is 4.79 Å². The zero-order valence-electron chi connectivity index (χ0n) is 13.2. The maximum Gasteiger partial charge on any atom is 0.333 e. The third-order valence-corrected chi connectivity index (χ3v) is 2.92. The lowest BCUT2D eigenvalue weighted by atomic mass is 10.0. The van der Waals surface area contributed by atoms with Crippen molar-refractivity contribution in [2.24, 2.45) is 0 Å². The molecule has 0 spiro atoms. The number of carbonyl (C=O) groups is 1. The van der Waals surface area contributed by atoms with E-state index < -0.39 is 0 Å². The lowest BCUT2D eigenvalue weighted by Crippen LogP contribution is -2.04. The Labute approximate surface area is 123 Å². The second-order valence-electron chi connectivity index (χ2n) is 5.00. The molecule has 0 radical (unpaired) electrons. The normalized spacial score (nSPS) is 12.2. The number of rotatable bonds is 10. The highest BCUT2D eigenvalue weighted by atomic mass is 16.5. The first kappa shape index (κ1) is 18.4. The smallest absolute Gasteiger partial charge is 0.333 e. The van der Waals surface area contributed by atoms with Crippen LogP contribution in [0, 0.1) is 0 Å². The van der Waals surface area contributed by atoms with Crippen molar-refractivity contribution < 1.29 is 9.53 Å². The number of hydrogen-bond donors (Lipinski definition) is 0. The summed E-state index contributed by atoms with van der Waals surface area (Å²) in [6.07, 6.45) is 10.9. The van der Waals surface area contributed by atoms with Crippen molar-refractivity contribution in [3.05, 3.63) is 48.1 Å². The zero-order chi connectivity index (χ0) is 15.4. The fraction of sp³-hybridized carbons (Fsp3) is 0.500. The van der Waals surface area contributed by atoms with Crippen LogP contribution in [-0.4, -0.2) is 12.6 Å². The van der Waals surface area contributed by atoms with E-state index in [1.807, 2.05) is 26.0 Å². The summed E-state index contributed by atoms with van der Waals surface area (Å²) < 4.78 is 4.95. The van der Waals surface area contributed by atoms with Gasteiger partial charge in [0.1, 0.15) is 0 Å². The summed E-state index contributed by atoms with van der Waals surface area (Å²) in [5.74, 6) is -0.218. The molecule has 0 aliphatic carbocycles. The Bertz CT molecular complexity index is 386. The Morgan fingerprint density at radius 1 is 1.15 bits per heavy atom.